The zero-order valence-electron chi connectivity index (χ0n) is 12.0. The third kappa shape index (κ3) is 3.19. The van der Waals surface area contributed by atoms with E-state index in [-0.39, 0.29) is 22.9 Å². The average Bonchev–Trinajstić information content (AvgIpc) is 2.69. The number of hydrogen-bond acceptors (Lipinski definition) is 4. The van der Waals surface area contributed by atoms with Crippen LogP contribution in [0.15, 0.2) is 29.2 Å². The molecule has 0 radical (unpaired) electrons. The van der Waals surface area contributed by atoms with E-state index in [1.165, 1.54) is 6.26 Å². The minimum atomic E-state index is -3.20. The van der Waals surface area contributed by atoms with Gasteiger partial charge in [0, 0.05) is 24.5 Å². The fourth-order valence-corrected chi connectivity index (χ4v) is 3.00. The number of sulfone groups is 1. The topological polar surface area (TPSA) is 66.5 Å². The minimum absolute atomic E-state index is 0.0470. The van der Waals surface area contributed by atoms with Gasteiger partial charge in [-0.25, -0.2) is 8.42 Å². The summed E-state index contributed by atoms with van der Waals surface area (Å²) in [6.07, 6.45) is 1.94. The maximum Gasteiger partial charge on any atom is 0.244 e. The van der Waals surface area contributed by atoms with E-state index in [0.717, 1.165) is 12.1 Å². The molecule has 0 bridgehead atoms. The summed E-state index contributed by atoms with van der Waals surface area (Å²) in [7, 11) is -3.20. The Morgan fingerprint density at radius 3 is 2.35 bits per heavy atom. The summed E-state index contributed by atoms with van der Waals surface area (Å²) in [5.74, 6) is 0.0470. The zero-order chi connectivity index (χ0) is 14.9. The average molecular weight is 296 g/mol. The molecule has 1 saturated heterocycles. The molecule has 0 saturated carbocycles. The lowest BCUT2D eigenvalue weighted by Gasteiger charge is -2.18. The highest BCUT2D eigenvalue weighted by Gasteiger charge is 2.32. The summed E-state index contributed by atoms with van der Waals surface area (Å²) in [5.41, 5.74) is 0.746. The van der Waals surface area contributed by atoms with Crippen LogP contribution in [0.1, 0.15) is 20.3 Å². The molecule has 1 fully saturated rings. The maximum atomic E-state index is 12.3. The zero-order valence-corrected chi connectivity index (χ0v) is 12.8. The fourth-order valence-electron chi connectivity index (χ4n) is 2.37. The Morgan fingerprint density at radius 1 is 1.25 bits per heavy atom. The van der Waals surface area contributed by atoms with Crippen LogP contribution in [0.4, 0.5) is 5.69 Å². The number of hydrogen-bond donors (Lipinski definition) is 1. The monoisotopic (exact) mass is 296 g/mol. The van der Waals surface area contributed by atoms with Gasteiger partial charge in [0.25, 0.3) is 0 Å². The first-order chi connectivity index (χ1) is 9.29. The van der Waals surface area contributed by atoms with E-state index in [1.54, 1.807) is 29.2 Å². The molecule has 1 aromatic carbocycles. The number of benzene rings is 1. The van der Waals surface area contributed by atoms with E-state index in [4.69, 9.17) is 0 Å². The van der Waals surface area contributed by atoms with Crippen LogP contribution in [-0.2, 0) is 14.6 Å². The van der Waals surface area contributed by atoms with Crippen molar-refractivity contribution in [2.45, 2.75) is 37.2 Å². The summed E-state index contributed by atoms with van der Waals surface area (Å²) in [5, 5.41) is 3.24. The summed E-state index contributed by atoms with van der Waals surface area (Å²) in [6, 6.07) is 6.57. The first-order valence-corrected chi connectivity index (χ1v) is 8.56. The van der Waals surface area contributed by atoms with E-state index in [2.05, 4.69) is 5.32 Å². The second kappa shape index (κ2) is 5.54. The first kappa shape index (κ1) is 15.0. The van der Waals surface area contributed by atoms with Crippen LogP contribution in [0, 0.1) is 0 Å². The van der Waals surface area contributed by atoms with Crippen molar-refractivity contribution in [3.63, 3.8) is 0 Å². The third-order valence-corrected chi connectivity index (χ3v) is 4.45. The van der Waals surface area contributed by atoms with Gasteiger partial charge in [-0.3, -0.25) is 4.79 Å². The van der Waals surface area contributed by atoms with Gasteiger partial charge < -0.3 is 10.2 Å². The van der Waals surface area contributed by atoms with Crippen molar-refractivity contribution in [2.24, 2.45) is 0 Å². The van der Waals surface area contributed by atoms with Crippen LogP contribution in [0.2, 0.25) is 0 Å². The number of carbonyl (C=O) groups is 1. The van der Waals surface area contributed by atoms with Gasteiger partial charge >= 0.3 is 0 Å². The van der Waals surface area contributed by atoms with Crippen LogP contribution in [0.5, 0.6) is 0 Å². The molecule has 20 heavy (non-hydrogen) atoms. The normalized spacial score (nSPS) is 19.9. The number of anilines is 1. The van der Waals surface area contributed by atoms with Gasteiger partial charge in [0.2, 0.25) is 5.91 Å². The third-order valence-electron chi connectivity index (χ3n) is 3.32. The van der Waals surface area contributed by atoms with Crippen molar-refractivity contribution in [2.75, 3.05) is 17.7 Å². The largest absolute Gasteiger partial charge is 0.311 e. The van der Waals surface area contributed by atoms with Crippen LogP contribution in [-0.4, -0.2) is 39.2 Å². The standard InChI is InChI=1S/C14H20N2O3S/c1-10(2)15-13-8-9-16(14(13)17)11-4-6-12(7-5-11)20(3,18)19/h4-7,10,13,15H,8-9H2,1-3H3. The second-order valence-electron chi connectivity index (χ2n) is 5.42. The van der Waals surface area contributed by atoms with Crippen molar-refractivity contribution < 1.29 is 13.2 Å². The van der Waals surface area contributed by atoms with Gasteiger partial charge in [0.15, 0.2) is 9.84 Å². The Kier molecular flexibility index (Phi) is 4.15. The molecule has 1 unspecified atom stereocenters. The van der Waals surface area contributed by atoms with E-state index in [1.807, 2.05) is 13.8 Å². The lowest BCUT2D eigenvalue weighted by atomic mass is 10.2. The van der Waals surface area contributed by atoms with Crippen LogP contribution in [0.3, 0.4) is 0 Å². The van der Waals surface area contributed by atoms with E-state index in [9.17, 15) is 13.2 Å². The molecule has 1 aliphatic rings. The molecule has 0 spiro atoms. The number of nitrogens with one attached hydrogen (secondary N) is 1. The van der Waals surface area contributed by atoms with Crippen molar-refractivity contribution in [1.82, 2.24) is 5.32 Å². The van der Waals surface area contributed by atoms with Crippen LogP contribution in [0.25, 0.3) is 0 Å². The molecule has 1 aliphatic heterocycles. The molecule has 5 nitrogen and oxygen atoms in total. The highest BCUT2D eigenvalue weighted by atomic mass is 32.2. The summed E-state index contributed by atoms with van der Waals surface area (Å²) < 4.78 is 22.8. The molecular weight excluding hydrogens is 276 g/mol. The SMILES string of the molecule is CC(C)NC1CCN(c2ccc(S(C)(=O)=O)cc2)C1=O. The number of carbonyl (C=O) groups excluding carboxylic acids is 1. The van der Waals surface area contributed by atoms with Crippen LogP contribution >= 0.6 is 0 Å². The van der Waals surface area contributed by atoms with Gasteiger partial charge in [0.1, 0.15) is 0 Å². The van der Waals surface area contributed by atoms with Gasteiger partial charge in [-0.1, -0.05) is 13.8 Å². The molecule has 2 rings (SSSR count). The highest BCUT2D eigenvalue weighted by molar-refractivity contribution is 7.90. The Balaban J connectivity index is 2.15. The summed E-state index contributed by atoms with van der Waals surface area (Å²) in [4.78, 5) is 14.2. The fraction of sp³-hybridized carbons (Fsp3) is 0.500. The molecule has 1 N–H and O–H groups in total. The molecule has 0 aliphatic carbocycles. The molecule has 1 aromatic rings. The molecular formula is C14H20N2O3S. The predicted octanol–water partition coefficient (Wildman–Crippen LogP) is 1.19. The molecule has 1 heterocycles. The molecule has 110 valence electrons. The molecule has 0 aromatic heterocycles. The number of amides is 1. The highest BCUT2D eigenvalue weighted by Crippen LogP contribution is 2.23. The van der Waals surface area contributed by atoms with E-state index in [0.29, 0.717) is 6.54 Å². The van der Waals surface area contributed by atoms with Crippen molar-refractivity contribution in [3.05, 3.63) is 24.3 Å². The Morgan fingerprint density at radius 2 is 1.85 bits per heavy atom. The lowest BCUT2D eigenvalue weighted by Crippen LogP contribution is -2.41. The van der Waals surface area contributed by atoms with Gasteiger partial charge in [-0.15, -0.1) is 0 Å². The second-order valence-corrected chi connectivity index (χ2v) is 7.43. The van der Waals surface area contributed by atoms with Crippen LogP contribution < -0.4 is 10.2 Å². The smallest absolute Gasteiger partial charge is 0.244 e. The molecule has 6 heteroatoms. The van der Waals surface area contributed by atoms with Crippen molar-refractivity contribution >= 4 is 21.4 Å². The maximum absolute atomic E-state index is 12.3. The number of nitrogens with zero attached hydrogens (tertiary/aromatic N) is 1. The lowest BCUT2D eigenvalue weighted by molar-refractivity contribution is -0.118. The van der Waals surface area contributed by atoms with Gasteiger partial charge in [-0.2, -0.15) is 0 Å². The molecule has 1 amide bonds. The van der Waals surface area contributed by atoms with Gasteiger partial charge in [0.05, 0.1) is 10.9 Å². The van der Waals surface area contributed by atoms with Gasteiger partial charge in [-0.05, 0) is 30.7 Å². The van der Waals surface area contributed by atoms with Crippen molar-refractivity contribution in [1.29, 1.82) is 0 Å². The summed E-state index contributed by atoms with van der Waals surface area (Å²) >= 11 is 0. The van der Waals surface area contributed by atoms with Crippen molar-refractivity contribution in [3.8, 4) is 0 Å². The number of rotatable bonds is 4. The Hall–Kier alpha value is -1.40. The van der Waals surface area contributed by atoms with E-state index >= 15 is 0 Å². The summed E-state index contributed by atoms with van der Waals surface area (Å²) in [6.45, 7) is 4.68. The minimum Gasteiger partial charge on any atom is -0.311 e. The Bertz CT molecular complexity index is 593. The Labute approximate surface area is 119 Å². The predicted molar refractivity (Wildman–Crippen MR) is 78.6 cm³/mol. The quantitative estimate of drug-likeness (QED) is 0.906. The van der Waals surface area contributed by atoms with E-state index < -0.39 is 9.84 Å². The molecule has 1 atom stereocenters. The first-order valence-electron chi connectivity index (χ1n) is 6.66.